The van der Waals surface area contributed by atoms with Crippen LogP contribution in [0.25, 0.3) is 0 Å². The van der Waals surface area contributed by atoms with Gasteiger partial charge in [-0.2, -0.15) is 0 Å². The molecule has 0 aromatic carbocycles. The zero-order chi connectivity index (χ0) is 52.7. The van der Waals surface area contributed by atoms with Gasteiger partial charge in [0.15, 0.2) is 6.29 Å². The van der Waals surface area contributed by atoms with Gasteiger partial charge in [-0.05, 0) is 211 Å². The highest BCUT2D eigenvalue weighted by Crippen LogP contribution is 2.71. The second-order valence-corrected chi connectivity index (χ2v) is 26.4. The average Bonchev–Trinajstić information content (AvgIpc) is 3.91. The number of hydrogen-bond acceptors (Lipinski definition) is 13. The molecule has 0 amide bonds. The summed E-state index contributed by atoms with van der Waals surface area (Å²) in [5.41, 5.74) is 10.3. The fourth-order valence-electron chi connectivity index (χ4n) is 18.4. The Morgan fingerprint density at radius 3 is 2.11 bits per heavy atom. The molecule has 412 valence electrons. The van der Waals surface area contributed by atoms with E-state index in [0.29, 0.717) is 36.0 Å². The zero-order valence-electron chi connectivity index (χ0n) is 45.7. The van der Waals surface area contributed by atoms with Crippen LogP contribution in [0.5, 0.6) is 0 Å². The molecular weight excluding hydrogens is 947 g/mol. The predicted octanol–water partition coefficient (Wildman–Crippen LogP) is 9.50. The van der Waals surface area contributed by atoms with Crippen molar-refractivity contribution < 1.29 is 43.9 Å². The summed E-state index contributed by atoms with van der Waals surface area (Å²) in [5, 5.41) is 50.2. The second-order valence-electron chi connectivity index (χ2n) is 26.4. The minimum absolute atomic E-state index is 0.00133. The van der Waals surface area contributed by atoms with E-state index in [1.54, 1.807) is 18.8 Å². The van der Waals surface area contributed by atoms with Crippen LogP contribution in [0.2, 0.25) is 0 Å². The van der Waals surface area contributed by atoms with Crippen LogP contribution in [0.1, 0.15) is 168 Å². The molecule has 75 heavy (non-hydrogen) atoms. The van der Waals surface area contributed by atoms with E-state index in [1.807, 2.05) is 18.4 Å². The normalized spacial score (nSPS) is 46.7. The molecule has 0 spiro atoms. The first-order chi connectivity index (χ1) is 35.8. The maximum atomic E-state index is 12.4. The van der Waals surface area contributed by atoms with Gasteiger partial charge < -0.3 is 49.6 Å². The summed E-state index contributed by atoms with van der Waals surface area (Å²) < 4.78 is 22.9. The van der Waals surface area contributed by atoms with Crippen LogP contribution in [0.4, 0.5) is 0 Å². The van der Waals surface area contributed by atoms with Crippen molar-refractivity contribution >= 4 is 5.71 Å². The lowest BCUT2D eigenvalue weighted by molar-refractivity contribution is -0.279. The Bertz CT molecular complexity index is 2510. The lowest BCUT2D eigenvalue weighted by Gasteiger charge is -2.62. The van der Waals surface area contributed by atoms with Gasteiger partial charge in [-0.25, -0.2) is 4.79 Å². The minimum Gasteiger partial charge on any atom is -0.465 e. The third-order valence-corrected chi connectivity index (χ3v) is 23.1. The highest BCUT2D eigenvalue weighted by atomic mass is 16.7. The summed E-state index contributed by atoms with van der Waals surface area (Å²) in [6.07, 6.45) is 28.1. The van der Waals surface area contributed by atoms with E-state index in [2.05, 4.69) is 62.6 Å². The van der Waals surface area contributed by atoms with E-state index in [0.717, 1.165) is 114 Å². The standard InChI is InChI=1S/C32H46N2O3.C30H43NO7/c1-23-7-8-24(22-36-23)27-13-16-32(35)29-10-9-25-21-26(33-37-20-19-34-17-5-4-6-18-34)11-14-30(25,2)28(29)12-15-31(27,32)3;1-16-24(31)25(33)26(34)27(37-16)38-19-8-11-28(2)18(14-19)5-6-22-21(28)9-12-29(3)20(10-13-30(22,29)35)17-4-7-23(32)36-15-17/h7-8,21-22,27-29,35H,1,4-6,9-20H2,2-3H3;4,7,14-16,19-22,24-27,33-35H,5-6,8-13,31H2,1-3H3/b33-26+;/t27-,28+,29-,30+,31-,32+;16-,19-,20+,21-,22+,24-,25+,26+,27-,28-,29+,30-/m10/s1. The van der Waals surface area contributed by atoms with Gasteiger partial charge >= 0.3 is 5.63 Å². The number of rotatable bonds is 8. The van der Waals surface area contributed by atoms with Crippen molar-refractivity contribution in [1.82, 2.24) is 4.90 Å². The molecule has 8 fully saturated rings. The number of ether oxygens (including phenoxy) is 3. The fraction of sp³-hybridized carbons (Fsp3) is 0.742. The molecular formula is C62H89N3O10. The number of allylic oxidation sites excluding steroid dienone is 6. The Morgan fingerprint density at radius 2 is 1.44 bits per heavy atom. The topological polar surface area (TPSA) is 190 Å². The molecule has 6 N–H and O–H groups in total. The van der Waals surface area contributed by atoms with E-state index in [-0.39, 0.29) is 45.2 Å². The smallest absolute Gasteiger partial charge is 0.335 e. The van der Waals surface area contributed by atoms with Crippen LogP contribution in [-0.4, -0.2) is 105 Å². The molecule has 1 aromatic heterocycles. The van der Waals surface area contributed by atoms with Gasteiger partial charge in [0.05, 0.1) is 47.7 Å². The molecule has 11 aliphatic rings. The van der Waals surface area contributed by atoms with Crippen molar-refractivity contribution in [1.29, 1.82) is 0 Å². The van der Waals surface area contributed by atoms with Crippen molar-refractivity contribution in [3.8, 4) is 0 Å². The molecule has 0 radical (unpaired) electrons. The van der Waals surface area contributed by atoms with Gasteiger partial charge in [0, 0.05) is 23.4 Å². The number of hydrogen-bond donors (Lipinski definition) is 5. The molecule has 4 heterocycles. The molecule has 2 saturated heterocycles. The number of aliphatic hydroxyl groups is 4. The van der Waals surface area contributed by atoms with Crippen molar-refractivity contribution in [2.24, 2.45) is 62.1 Å². The number of likely N-dealkylation sites (tertiary alicyclic amines) is 1. The third kappa shape index (κ3) is 9.05. The first-order valence-corrected chi connectivity index (χ1v) is 29.3. The lowest BCUT2D eigenvalue weighted by Crippen LogP contribution is -2.61. The molecule has 3 aliphatic heterocycles. The molecule has 18 atom stereocenters. The molecule has 13 nitrogen and oxygen atoms in total. The van der Waals surface area contributed by atoms with E-state index in [1.165, 1.54) is 56.0 Å². The van der Waals surface area contributed by atoms with Crippen molar-refractivity contribution in [3.05, 3.63) is 94.0 Å². The molecule has 8 aliphatic carbocycles. The third-order valence-electron chi connectivity index (χ3n) is 23.1. The zero-order valence-corrected chi connectivity index (χ0v) is 45.7. The van der Waals surface area contributed by atoms with Gasteiger partial charge in [-0.15, -0.1) is 0 Å². The predicted molar refractivity (Wildman–Crippen MR) is 288 cm³/mol. The van der Waals surface area contributed by atoms with Gasteiger partial charge in [-0.3, -0.25) is 4.90 Å². The number of nitrogens with zero attached hydrogens (tertiary/aromatic N) is 2. The Hall–Kier alpha value is -3.40. The Balaban J connectivity index is 0.000000161. The summed E-state index contributed by atoms with van der Waals surface area (Å²) in [6.45, 7) is 19.2. The van der Waals surface area contributed by atoms with Crippen LogP contribution in [-0.2, 0) is 19.0 Å². The summed E-state index contributed by atoms with van der Waals surface area (Å²) in [5.74, 6) is 2.74. The fourth-order valence-corrected chi connectivity index (χ4v) is 18.4. The highest BCUT2D eigenvalue weighted by molar-refractivity contribution is 5.96. The Kier molecular flexibility index (Phi) is 14.6. The van der Waals surface area contributed by atoms with Crippen LogP contribution < -0.4 is 11.4 Å². The van der Waals surface area contributed by atoms with Crippen molar-refractivity contribution in [2.75, 3.05) is 26.2 Å². The Morgan fingerprint density at radius 1 is 0.773 bits per heavy atom. The number of piperidine rings is 1. The highest BCUT2D eigenvalue weighted by Gasteiger charge is 2.68. The average molecular weight is 1040 g/mol. The van der Waals surface area contributed by atoms with Crippen LogP contribution in [0, 0.1) is 51.2 Å². The summed E-state index contributed by atoms with van der Waals surface area (Å²) in [7, 11) is 0. The summed E-state index contributed by atoms with van der Waals surface area (Å²) in [4.78, 5) is 19.8. The number of oxime groups is 1. The maximum absolute atomic E-state index is 12.4. The van der Waals surface area contributed by atoms with Gasteiger partial charge in [0.2, 0.25) is 0 Å². The first kappa shape index (κ1) is 53.6. The van der Waals surface area contributed by atoms with Gasteiger partial charge in [0.1, 0.15) is 24.6 Å². The minimum atomic E-state index is -1.18. The van der Waals surface area contributed by atoms with Gasteiger partial charge in [-0.1, -0.05) is 69.1 Å². The molecule has 6 saturated carbocycles. The summed E-state index contributed by atoms with van der Waals surface area (Å²) in [6, 6.07) is 2.73. The molecule has 12 rings (SSSR count). The lowest BCUT2D eigenvalue weighted by atomic mass is 9.45. The monoisotopic (exact) mass is 1040 g/mol. The first-order valence-electron chi connectivity index (χ1n) is 29.3. The van der Waals surface area contributed by atoms with E-state index in [9.17, 15) is 25.2 Å². The van der Waals surface area contributed by atoms with E-state index >= 15 is 0 Å². The quantitative estimate of drug-likeness (QED) is 0.0944. The molecule has 1 aromatic rings. The Labute approximate surface area is 445 Å². The maximum Gasteiger partial charge on any atom is 0.335 e. The van der Waals surface area contributed by atoms with Crippen LogP contribution in [0.3, 0.4) is 0 Å². The summed E-state index contributed by atoms with van der Waals surface area (Å²) >= 11 is 0. The largest absolute Gasteiger partial charge is 0.465 e. The van der Waals surface area contributed by atoms with Crippen molar-refractivity contribution in [3.63, 3.8) is 0 Å². The SMILES string of the molecule is C=C1C=CC([C@H]2CC[C@]3(O)[C@@H]4CCC5=C/C(=N/OCCN6CCCCC6)CC[C@]5(C)[C@H]4CC[C@]23C)=CO1.C[C@@H]1O[C@@H](O[C@@H]2C=C3CC[C@@H]4[C@H](CC[C@]5(C)[C@@H](c6ccc(=O)oc6)CC[C@]45O)[C@@]3(C)CC2)[C@H](O)[C@H](O)[C@H]1N. The van der Waals surface area contributed by atoms with Crippen molar-refractivity contribution in [2.45, 2.75) is 210 Å². The second kappa shape index (κ2) is 20.4. The molecule has 0 unspecified atom stereocenters. The number of fused-ring (bicyclic) bond motifs is 10. The number of nitrogens with two attached hydrogens (primary N) is 1. The molecule has 13 heteroatoms. The molecule has 0 bridgehead atoms. The van der Waals surface area contributed by atoms with Gasteiger partial charge in [0.25, 0.3) is 0 Å². The van der Waals surface area contributed by atoms with Crippen LogP contribution in [0.15, 0.2) is 92.4 Å². The van der Waals surface area contributed by atoms with E-state index < -0.39 is 41.8 Å². The number of aliphatic hydroxyl groups excluding tert-OH is 2. The van der Waals surface area contributed by atoms with E-state index in [4.69, 9.17) is 29.2 Å². The van der Waals surface area contributed by atoms with Crippen LogP contribution >= 0.6 is 0 Å².